The van der Waals surface area contributed by atoms with Gasteiger partial charge < -0.3 is 10.1 Å². The van der Waals surface area contributed by atoms with E-state index in [1.165, 1.54) is 5.56 Å². The highest BCUT2D eigenvalue weighted by Gasteiger charge is 2.23. The van der Waals surface area contributed by atoms with Crippen molar-refractivity contribution in [2.45, 2.75) is 24.1 Å². The van der Waals surface area contributed by atoms with Crippen LogP contribution < -0.4 is 5.32 Å². The Morgan fingerprint density at radius 3 is 2.72 bits per heavy atom. The van der Waals surface area contributed by atoms with Gasteiger partial charge in [0.25, 0.3) is 0 Å². The highest BCUT2D eigenvalue weighted by molar-refractivity contribution is 8.14. The van der Waals surface area contributed by atoms with Gasteiger partial charge >= 0.3 is 0 Å². The minimum Gasteiger partial charge on any atom is -0.381 e. The summed E-state index contributed by atoms with van der Waals surface area (Å²) in [5, 5.41) is 5.14. The van der Waals surface area contributed by atoms with Gasteiger partial charge in [0.1, 0.15) is 0 Å². The Balaban J connectivity index is 1.54. The van der Waals surface area contributed by atoms with E-state index in [2.05, 4.69) is 40.6 Å². The zero-order valence-electron chi connectivity index (χ0n) is 10.3. The predicted molar refractivity (Wildman–Crippen MR) is 76.1 cm³/mol. The van der Waals surface area contributed by atoms with E-state index in [0.717, 1.165) is 37.8 Å². The molecule has 0 saturated carbocycles. The van der Waals surface area contributed by atoms with Gasteiger partial charge in [-0.05, 0) is 18.4 Å². The molecule has 1 atom stereocenters. The first-order valence-corrected chi connectivity index (χ1v) is 7.40. The van der Waals surface area contributed by atoms with E-state index >= 15 is 0 Å². The number of nitrogens with zero attached hydrogens (tertiary/aromatic N) is 1. The van der Waals surface area contributed by atoms with Crippen LogP contribution >= 0.6 is 11.8 Å². The summed E-state index contributed by atoms with van der Waals surface area (Å²) in [5.74, 6) is 0. The molecule has 0 radical (unpaired) electrons. The molecule has 18 heavy (non-hydrogen) atoms. The van der Waals surface area contributed by atoms with Crippen molar-refractivity contribution >= 4 is 16.9 Å². The Morgan fingerprint density at radius 1 is 1.17 bits per heavy atom. The highest BCUT2D eigenvalue weighted by Crippen LogP contribution is 2.34. The van der Waals surface area contributed by atoms with Crippen molar-refractivity contribution in [3.05, 3.63) is 35.9 Å². The topological polar surface area (TPSA) is 33.6 Å². The molecule has 0 amide bonds. The number of aliphatic imine (C=N–C) groups is 1. The number of benzene rings is 1. The maximum atomic E-state index is 5.37. The highest BCUT2D eigenvalue weighted by atomic mass is 32.2. The molecule has 96 valence electrons. The normalized spacial score (nSPS) is 24.9. The molecule has 0 bridgehead atoms. The maximum absolute atomic E-state index is 5.37. The molecule has 1 unspecified atom stereocenters. The van der Waals surface area contributed by atoms with Crippen LogP contribution in [0.5, 0.6) is 0 Å². The number of hydrogen-bond acceptors (Lipinski definition) is 4. The predicted octanol–water partition coefficient (Wildman–Crippen LogP) is 2.60. The molecule has 1 fully saturated rings. The van der Waals surface area contributed by atoms with E-state index in [0.29, 0.717) is 11.3 Å². The minimum absolute atomic E-state index is 0.480. The number of ether oxygens (including phenoxy) is 1. The molecule has 0 aromatic heterocycles. The van der Waals surface area contributed by atoms with Crippen LogP contribution in [0.1, 0.15) is 23.7 Å². The summed E-state index contributed by atoms with van der Waals surface area (Å²) in [6.45, 7) is 2.63. The van der Waals surface area contributed by atoms with E-state index in [1.807, 2.05) is 11.8 Å². The van der Waals surface area contributed by atoms with Gasteiger partial charge in [-0.2, -0.15) is 0 Å². The van der Waals surface area contributed by atoms with Crippen LogP contribution in [-0.4, -0.2) is 31.0 Å². The lowest BCUT2D eigenvalue weighted by Gasteiger charge is -2.23. The molecule has 2 aliphatic heterocycles. The van der Waals surface area contributed by atoms with Crippen molar-refractivity contribution in [2.75, 3.05) is 19.8 Å². The molecule has 3 rings (SSSR count). The van der Waals surface area contributed by atoms with E-state index in [4.69, 9.17) is 4.74 Å². The summed E-state index contributed by atoms with van der Waals surface area (Å²) in [5.41, 5.74) is 1.37. The van der Waals surface area contributed by atoms with Crippen molar-refractivity contribution < 1.29 is 4.74 Å². The minimum atomic E-state index is 0.480. The molecule has 1 N–H and O–H groups in total. The zero-order valence-corrected chi connectivity index (χ0v) is 11.2. The van der Waals surface area contributed by atoms with Crippen molar-refractivity contribution in [2.24, 2.45) is 4.99 Å². The number of thioether (sulfide) groups is 1. The third kappa shape index (κ3) is 2.87. The van der Waals surface area contributed by atoms with Crippen molar-refractivity contribution in [3.63, 3.8) is 0 Å². The molecule has 0 aliphatic carbocycles. The fourth-order valence-electron chi connectivity index (χ4n) is 2.31. The second-order valence-electron chi connectivity index (χ2n) is 4.69. The molecule has 0 spiro atoms. The fourth-order valence-corrected chi connectivity index (χ4v) is 3.41. The summed E-state index contributed by atoms with van der Waals surface area (Å²) in [6.07, 6.45) is 2.19. The molecule has 2 heterocycles. The molecule has 4 heteroatoms. The van der Waals surface area contributed by atoms with Crippen molar-refractivity contribution in [1.82, 2.24) is 5.32 Å². The number of amidine groups is 1. The Hall–Kier alpha value is -1.00. The number of nitrogens with one attached hydrogen (secondary N) is 1. The van der Waals surface area contributed by atoms with Crippen molar-refractivity contribution in [3.8, 4) is 0 Å². The third-order valence-corrected chi connectivity index (χ3v) is 4.55. The maximum Gasteiger partial charge on any atom is 0.157 e. The largest absolute Gasteiger partial charge is 0.381 e. The Kier molecular flexibility index (Phi) is 3.86. The fraction of sp³-hybridized carbons (Fsp3) is 0.500. The third-order valence-electron chi connectivity index (χ3n) is 3.37. The Bertz CT molecular complexity index is 415. The summed E-state index contributed by atoms with van der Waals surface area (Å²) in [6, 6.07) is 11.2. The van der Waals surface area contributed by atoms with Gasteiger partial charge in [0, 0.05) is 19.3 Å². The average Bonchev–Trinajstić information content (AvgIpc) is 2.89. The lowest BCUT2D eigenvalue weighted by molar-refractivity contribution is 0.0826. The Morgan fingerprint density at radius 2 is 1.94 bits per heavy atom. The van der Waals surface area contributed by atoms with Crippen LogP contribution in [0, 0.1) is 0 Å². The first-order chi connectivity index (χ1) is 8.92. The monoisotopic (exact) mass is 262 g/mol. The van der Waals surface area contributed by atoms with Crippen LogP contribution in [0.4, 0.5) is 0 Å². The lowest BCUT2D eigenvalue weighted by atomic mass is 10.1. The molecular formula is C14H18N2OS. The van der Waals surface area contributed by atoms with E-state index in [1.54, 1.807) is 0 Å². The van der Waals surface area contributed by atoms with Crippen LogP contribution in [0.15, 0.2) is 35.3 Å². The van der Waals surface area contributed by atoms with Crippen LogP contribution in [0.2, 0.25) is 0 Å². The molecule has 2 aliphatic rings. The van der Waals surface area contributed by atoms with E-state index in [9.17, 15) is 0 Å². The molecule has 1 saturated heterocycles. The van der Waals surface area contributed by atoms with Crippen molar-refractivity contribution in [1.29, 1.82) is 0 Å². The first kappa shape index (κ1) is 12.1. The average molecular weight is 262 g/mol. The second-order valence-corrected chi connectivity index (χ2v) is 5.89. The molecule has 3 nitrogen and oxygen atoms in total. The van der Waals surface area contributed by atoms with E-state index in [-0.39, 0.29) is 0 Å². The van der Waals surface area contributed by atoms with Crippen LogP contribution in [-0.2, 0) is 4.74 Å². The van der Waals surface area contributed by atoms with Gasteiger partial charge in [-0.3, -0.25) is 4.99 Å². The summed E-state index contributed by atoms with van der Waals surface area (Å²) in [7, 11) is 0. The van der Waals surface area contributed by atoms with Gasteiger partial charge in [-0.1, -0.05) is 42.1 Å². The first-order valence-electron chi connectivity index (χ1n) is 6.52. The van der Waals surface area contributed by atoms with Gasteiger partial charge in [0.15, 0.2) is 5.17 Å². The number of rotatable bonds is 2. The van der Waals surface area contributed by atoms with Gasteiger partial charge in [-0.15, -0.1) is 0 Å². The molecule has 1 aromatic rings. The molecule has 1 aromatic carbocycles. The smallest absolute Gasteiger partial charge is 0.157 e. The van der Waals surface area contributed by atoms with Gasteiger partial charge in [-0.25, -0.2) is 0 Å². The molecular weight excluding hydrogens is 244 g/mol. The zero-order chi connectivity index (χ0) is 12.2. The van der Waals surface area contributed by atoms with Crippen LogP contribution in [0.3, 0.4) is 0 Å². The second kappa shape index (κ2) is 5.76. The lowest BCUT2D eigenvalue weighted by Crippen LogP contribution is -2.37. The van der Waals surface area contributed by atoms with E-state index < -0.39 is 0 Å². The summed E-state index contributed by atoms with van der Waals surface area (Å²) >= 11 is 1.86. The van der Waals surface area contributed by atoms with Gasteiger partial charge in [0.2, 0.25) is 0 Å². The quantitative estimate of drug-likeness (QED) is 0.889. The summed E-state index contributed by atoms with van der Waals surface area (Å²) in [4.78, 5) is 4.62. The SMILES string of the molecule is c1ccc(C2CN=C(NC3CCOCC3)S2)cc1. The van der Waals surface area contributed by atoms with Crippen LogP contribution in [0.25, 0.3) is 0 Å². The number of hydrogen-bond donors (Lipinski definition) is 1. The van der Waals surface area contributed by atoms with Gasteiger partial charge in [0.05, 0.1) is 11.8 Å². The summed E-state index contributed by atoms with van der Waals surface area (Å²) < 4.78 is 5.37. The Labute approximate surface area is 112 Å². The standard InChI is InChI=1S/C14H18N2OS/c1-2-4-11(5-3-1)13-10-15-14(18-13)16-12-6-8-17-9-7-12/h1-5,12-13H,6-10H2,(H,15,16).